The van der Waals surface area contributed by atoms with Crippen molar-refractivity contribution in [2.75, 3.05) is 12.4 Å². The Morgan fingerprint density at radius 3 is 2.38 bits per heavy atom. The molecule has 10 heteroatoms. The average Bonchev–Trinajstić information content (AvgIpc) is 3.34. The molecule has 0 spiro atoms. The number of nitrogens with one attached hydrogen (secondary N) is 2. The van der Waals surface area contributed by atoms with Crippen LogP contribution in [0.25, 0.3) is 33.4 Å². The van der Waals surface area contributed by atoms with Crippen LogP contribution in [0, 0.1) is 40.9 Å². The fraction of sp³-hybridized carbons (Fsp3) is 0.345. The lowest BCUT2D eigenvalue weighted by Gasteiger charge is -3.09. The van der Waals surface area contributed by atoms with Gasteiger partial charge in [0.1, 0.15) is 17.8 Å². The molecule has 0 aliphatic heterocycles. The number of aromatic nitrogens is 4. The third kappa shape index (κ3) is 2.08. The van der Waals surface area contributed by atoms with Crippen LogP contribution in [-0.4, -0.2) is 49.5 Å². The molecule has 2 aromatic carbocycles. The zero-order valence-corrected chi connectivity index (χ0v) is 21.1. The summed E-state index contributed by atoms with van der Waals surface area (Å²) in [7, 11) is 3.47. The van der Waals surface area contributed by atoms with Crippen molar-refractivity contribution in [1.82, 2.24) is 25.1 Å². The van der Waals surface area contributed by atoms with E-state index in [1.165, 1.54) is 6.33 Å². The molecule has 6 aliphatic rings. The van der Waals surface area contributed by atoms with E-state index in [4.69, 9.17) is 9.84 Å². The van der Waals surface area contributed by atoms with Gasteiger partial charge in [-0.1, -0.05) is 30.3 Å². The summed E-state index contributed by atoms with van der Waals surface area (Å²) in [6, 6.07) is 13.7. The Bertz CT molecular complexity index is 1730. The number of hydrogen-bond donors (Lipinski definition) is 3. The molecule has 2 amide bonds. The van der Waals surface area contributed by atoms with E-state index in [1.54, 1.807) is 11.8 Å². The van der Waals surface area contributed by atoms with Crippen molar-refractivity contribution in [1.29, 1.82) is 0 Å². The van der Waals surface area contributed by atoms with Crippen molar-refractivity contribution in [2.24, 2.45) is 48.0 Å². The highest BCUT2D eigenvalue weighted by atomic mass is 16.5. The first-order chi connectivity index (χ1) is 18.9. The molecular formula is C29H24N6O4. The van der Waals surface area contributed by atoms with Gasteiger partial charge in [0.25, 0.3) is 0 Å². The first-order valence-corrected chi connectivity index (χ1v) is 13.2. The summed E-state index contributed by atoms with van der Waals surface area (Å²) in [5.41, 5.74) is 4.11. The molecule has 6 saturated carbocycles. The number of methoxy groups -OCH3 is 1. The predicted molar refractivity (Wildman–Crippen MR) is 140 cm³/mol. The molecule has 0 unspecified atom stereocenters. The van der Waals surface area contributed by atoms with Gasteiger partial charge in [0.2, 0.25) is 5.91 Å². The lowest BCUT2D eigenvalue weighted by Crippen LogP contribution is -3.16. The monoisotopic (exact) mass is 520 g/mol. The van der Waals surface area contributed by atoms with E-state index in [0.717, 1.165) is 27.9 Å². The first-order valence-electron chi connectivity index (χ1n) is 13.2. The molecule has 2 aromatic heterocycles. The maximum absolute atomic E-state index is 13.8. The maximum atomic E-state index is 13.8. The highest BCUT2D eigenvalue weighted by Crippen LogP contribution is 3.07. The van der Waals surface area contributed by atoms with Crippen LogP contribution in [0.15, 0.2) is 55.0 Å². The SMILES string of the molecule is COc1cc2ncnc(-c3cn(C)nc3-c3ccccc3)c2cc1NC(=O)C12C3C4C1C1C2C3C41NC(=O)O. The van der Waals surface area contributed by atoms with Crippen LogP contribution in [0.1, 0.15) is 0 Å². The molecule has 10 nitrogen and oxygen atoms in total. The van der Waals surface area contributed by atoms with Gasteiger partial charge in [-0.2, -0.15) is 5.10 Å². The molecule has 6 fully saturated rings. The summed E-state index contributed by atoms with van der Waals surface area (Å²) in [4.78, 5) is 34.2. The van der Waals surface area contributed by atoms with Gasteiger partial charge in [-0.3, -0.25) is 9.48 Å². The number of hydrogen-bond acceptors (Lipinski definition) is 6. The minimum atomic E-state index is -0.952. The number of amides is 2. The summed E-state index contributed by atoms with van der Waals surface area (Å²) < 4.78 is 7.45. The molecule has 4 aromatic rings. The molecule has 2 heterocycles. The number of carbonyl (C=O) groups is 2. The van der Waals surface area contributed by atoms with Crippen molar-refractivity contribution < 1.29 is 19.4 Å². The number of ether oxygens (including phenoxy) is 1. The van der Waals surface area contributed by atoms with Crippen molar-refractivity contribution in [2.45, 2.75) is 5.54 Å². The molecule has 194 valence electrons. The van der Waals surface area contributed by atoms with Crippen LogP contribution in [0.3, 0.4) is 0 Å². The second-order valence-corrected chi connectivity index (χ2v) is 11.6. The molecule has 6 aliphatic carbocycles. The van der Waals surface area contributed by atoms with Gasteiger partial charge in [-0.05, 0) is 41.6 Å². The smallest absolute Gasteiger partial charge is 0.405 e. The summed E-state index contributed by atoms with van der Waals surface area (Å²) in [6.07, 6.45) is 2.53. The van der Waals surface area contributed by atoms with Crippen LogP contribution in [0.2, 0.25) is 0 Å². The number of aryl methyl sites for hydroxylation is 1. The molecule has 3 N–H and O–H groups in total. The van der Waals surface area contributed by atoms with Gasteiger partial charge < -0.3 is 20.5 Å². The third-order valence-corrected chi connectivity index (χ3v) is 10.7. The van der Waals surface area contributed by atoms with Crippen molar-refractivity contribution >= 4 is 28.6 Å². The molecule has 39 heavy (non-hydrogen) atoms. The van der Waals surface area contributed by atoms with E-state index in [2.05, 4.69) is 20.6 Å². The fourth-order valence-electron chi connectivity index (χ4n) is 9.68. The number of fused-ring (bicyclic) bond motifs is 1. The minimum absolute atomic E-state index is 0.0253. The molecule has 10 rings (SSSR count). The van der Waals surface area contributed by atoms with E-state index in [1.807, 2.05) is 55.7 Å². The summed E-state index contributed by atoms with van der Waals surface area (Å²) >= 11 is 0. The molecule has 0 radical (unpaired) electrons. The zero-order valence-electron chi connectivity index (χ0n) is 21.1. The minimum Gasteiger partial charge on any atom is -0.494 e. The number of carboxylic acid groups (broad SMARTS) is 1. The Morgan fingerprint density at radius 1 is 1.00 bits per heavy atom. The summed E-state index contributed by atoms with van der Waals surface area (Å²) in [5, 5.41) is 20.8. The molecule has 0 saturated heterocycles. The molecule has 0 bridgehead atoms. The van der Waals surface area contributed by atoms with E-state index in [0.29, 0.717) is 52.5 Å². The van der Waals surface area contributed by atoms with Crippen LogP contribution in [-0.2, 0) is 11.8 Å². The van der Waals surface area contributed by atoms with E-state index >= 15 is 0 Å². The molecule has 0 atom stereocenters. The Hall–Kier alpha value is -4.47. The van der Waals surface area contributed by atoms with Crippen molar-refractivity contribution in [3.8, 4) is 28.3 Å². The summed E-state index contributed by atoms with van der Waals surface area (Å²) in [5.74, 6) is 2.39. The maximum Gasteiger partial charge on any atom is 0.405 e. The standard InChI is InChI=1S/C29H24N6O4/c1-35-10-14(24(34-35)12-6-4-3-5-7-12)25-13-8-16(17(39-2)9-15(13)30-11-31-25)32-26(36)28-18-21-19(28)23-20(28)22(18)29(21,23)33-27(37)38/h3-11,18-23,33H,1-2H3,(H,32,36)(H,37,38). The second-order valence-electron chi connectivity index (χ2n) is 11.6. The van der Waals surface area contributed by atoms with Crippen LogP contribution >= 0.6 is 0 Å². The number of rotatable bonds is 6. The predicted octanol–water partition coefficient (Wildman–Crippen LogP) is 3.40. The highest BCUT2D eigenvalue weighted by molar-refractivity contribution is 6.06. The second kappa shape index (κ2) is 6.56. The lowest BCUT2D eigenvalue weighted by molar-refractivity contribution is -0.606. The highest BCUT2D eigenvalue weighted by Gasteiger charge is 3.12. The fourth-order valence-corrected chi connectivity index (χ4v) is 9.68. The largest absolute Gasteiger partial charge is 0.494 e. The van der Waals surface area contributed by atoms with Crippen molar-refractivity contribution in [3.05, 3.63) is 55.0 Å². The van der Waals surface area contributed by atoms with E-state index < -0.39 is 6.09 Å². The van der Waals surface area contributed by atoms with E-state index in [9.17, 15) is 14.7 Å². The van der Waals surface area contributed by atoms with E-state index in [-0.39, 0.29) is 16.9 Å². The Kier molecular flexibility index (Phi) is 3.61. The first kappa shape index (κ1) is 21.5. The van der Waals surface area contributed by atoms with Gasteiger partial charge >= 0.3 is 6.09 Å². The van der Waals surface area contributed by atoms with Gasteiger partial charge in [0.05, 0.1) is 35.0 Å². The number of anilines is 1. The number of benzene rings is 2. The van der Waals surface area contributed by atoms with Crippen LogP contribution in [0.5, 0.6) is 5.75 Å². The Labute approximate surface area is 222 Å². The number of nitrogens with zero attached hydrogens (tertiary/aromatic N) is 4. The zero-order chi connectivity index (χ0) is 26.4. The Morgan fingerprint density at radius 2 is 1.72 bits per heavy atom. The average molecular weight is 521 g/mol. The van der Waals surface area contributed by atoms with Crippen LogP contribution < -0.4 is 15.4 Å². The quantitative estimate of drug-likeness (QED) is 0.355. The topological polar surface area (TPSA) is 131 Å². The molecular weight excluding hydrogens is 496 g/mol. The Balaban J connectivity index is 1.08. The van der Waals surface area contributed by atoms with Gasteiger partial charge in [0, 0.05) is 35.8 Å². The number of carbonyl (C=O) groups excluding carboxylic acids is 1. The normalized spacial score (nSPS) is 34.9. The lowest BCUT2D eigenvalue weighted by atomic mass is 8.94. The van der Waals surface area contributed by atoms with Crippen molar-refractivity contribution in [3.63, 3.8) is 0 Å². The van der Waals surface area contributed by atoms with Gasteiger partial charge in [0.15, 0.2) is 0 Å². The van der Waals surface area contributed by atoms with Gasteiger partial charge in [-0.25, -0.2) is 14.8 Å². The van der Waals surface area contributed by atoms with Crippen LogP contribution in [0.4, 0.5) is 10.5 Å². The van der Waals surface area contributed by atoms with Gasteiger partial charge in [-0.15, -0.1) is 0 Å². The summed E-state index contributed by atoms with van der Waals surface area (Å²) in [6.45, 7) is 0. The third-order valence-electron chi connectivity index (χ3n) is 10.7.